The van der Waals surface area contributed by atoms with Gasteiger partial charge in [-0.05, 0) is 30.7 Å². The molecule has 1 heterocycles. The zero-order valence-electron chi connectivity index (χ0n) is 13.6. The van der Waals surface area contributed by atoms with Crippen LogP contribution in [0.3, 0.4) is 0 Å². The topological polar surface area (TPSA) is 84.9 Å². The van der Waals surface area contributed by atoms with Crippen LogP contribution < -0.4 is 14.8 Å². The van der Waals surface area contributed by atoms with E-state index in [1.165, 1.54) is 6.08 Å². The minimum absolute atomic E-state index is 0.291. The summed E-state index contributed by atoms with van der Waals surface area (Å²) in [7, 11) is 0. The number of benzene rings is 2. The molecule has 2 aromatic rings. The molecule has 6 heteroatoms. The highest BCUT2D eigenvalue weighted by Crippen LogP contribution is 2.43. The Labute approximate surface area is 144 Å². The summed E-state index contributed by atoms with van der Waals surface area (Å²) in [5.41, 5.74) is 1.78. The maximum Gasteiger partial charge on any atom is 0.328 e. The summed E-state index contributed by atoms with van der Waals surface area (Å²) in [6.45, 7) is 2.24. The van der Waals surface area contributed by atoms with Crippen LogP contribution in [0.4, 0.5) is 5.69 Å². The van der Waals surface area contributed by atoms with Crippen molar-refractivity contribution < 1.29 is 24.2 Å². The summed E-state index contributed by atoms with van der Waals surface area (Å²) < 4.78 is 11.5. The van der Waals surface area contributed by atoms with Crippen LogP contribution in [0.2, 0.25) is 0 Å². The van der Waals surface area contributed by atoms with E-state index in [1.807, 2.05) is 37.3 Å². The molecule has 2 aromatic carbocycles. The summed E-state index contributed by atoms with van der Waals surface area (Å²) in [4.78, 5) is 23.1. The minimum Gasteiger partial charge on any atom is -0.490 e. The molecule has 2 N–H and O–H groups in total. The molecule has 0 radical (unpaired) electrons. The fraction of sp³-hybridized carbons (Fsp3) is 0.158. The first kappa shape index (κ1) is 16.6. The second kappa shape index (κ2) is 7.09. The van der Waals surface area contributed by atoms with Gasteiger partial charge in [-0.25, -0.2) is 4.79 Å². The third kappa shape index (κ3) is 3.63. The molecule has 0 aliphatic carbocycles. The smallest absolute Gasteiger partial charge is 0.328 e. The van der Waals surface area contributed by atoms with E-state index in [0.29, 0.717) is 29.4 Å². The molecule has 6 nitrogen and oxygen atoms in total. The average molecular weight is 339 g/mol. The van der Waals surface area contributed by atoms with Crippen molar-refractivity contribution in [1.29, 1.82) is 0 Å². The van der Waals surface area contributed by atoms with Crippen molar-refractivity contribution >= 4 is 23.6 Å². The highest BCUT2D eigenvalue weighted by molar-refractivity contribution is 5.99. The Morgan fingerprint density at radius 1 is 1.32 bits per heavy atom. The molecule has 128 valence electrons. The van der Waals surface area contributed by atoms with Crippen LogP contribution in [0.5, 0.6) is 11.5 Å². The number of hydrogen-bond donors (Lipinski definition) is 2. The van der Waals surface area contributed by atoms with Gasteiger partial charge in [0.15, 0.2) is 11.5 Å². The molecule has 1 amide bonds. The number of fused-ring (bicyclic) bond motifs is 1. The van der Waals surface area contributed by atoms with Crippen LogP contribution in [-0.2, 0) is 9.59 Å². The Bertz CT molecular complexity index is 829. The van der Waals surface area contributed by atoms with Crippen LogP contribution >= 0.6 is 0 Å². The van der Waals surface area contributed by atoms with Gasteiger partial charge in [-0.1, -0.05) is 30.3 Å². The molecule has 0 aromatic heterocycles. The number of carboxylic acid groups (broad SMARTS) is 1. The van der Waals surface area contributed by atoms with Crippen LogP contribution in [0.15, 0.2) is 48.5 Å². The van der Waals surface area contributed by atoms with Crippen molar-refractivity contribution in [1.82, 2.24) is 0 Å². The number of ether oxygens (including phenoxy) is 2. The van der Waals surface area contributed by atoms with Crippen LogP contribution in [0, 0.1) is 0 Å². The first-order chi connectivity index (χ1) is 12.1. The molecule has 1 atom stereocenters. The molecule has 0 fully saturated rings. The largest absolute Gasteiger partial charge is 0.490 e. The lowest BCUT2D eigenvalue weighted by Crippen LogP contribution is -2.30. The molecule has 1 aliphatic heterocycles. The quantitative estimate of drug-likeness (QED) is 0.817. The summed E-state index contributed by atoms with van der Waals surface area (Å²) in [5.74, 6) is -0.464. The Morgan fingerprint density at radius 2 is 2.08 bits per heavy atom. The normalized spacial score (nSPS) is 16.0. The lowest BCUT2D eigenvalue weighted by atomic mass is 10.1. The Morgan fingerprint density at radius 3 is 2.76 bits per heavy atom. The van der Waals surface area contributed by atoms with Gasteiger partial charge in [0.25, 0.3) is 5.91 Å². The Hall–Kier alpha value is -3.28. The Balaban J connectivity index is 2.00. The third-order valence-corrected chi connectivity index (χ3v) is 3.63. The summed E-state index contributed by atoms with van der Waals surface area (Å²) >= 11 is 0. The fourth-order valence-corrected chi connectivity index (χ4v) is 2.58. The van der Waals surface area contributed by atoms with Gasteiger partial charge in [0.1, 0.15) is 0 Å². The van der Waals surface area contributed by atoms with Gasteiger partial charge in [-0.3, -0.25) is 4.79 Å². The monoisotopic (exact) mass is 339 g/mol. The fourth-order valence-electron chi connectivity index (χ4n) is 2.58. The molecule has 25 heavy (non-hydrogen) atoms. The number of hydrogen-bond acceptors (Lipinski definition) is 4. The maximum atomic E-state index is 12.4. The van der Waals surface area contributed by atoms with E-state index in [4.69, 9.17) is 14.6 Å². The molecule has 0 saturated heterocycles. The third-order valence-electron chi connectivity index (χ3n) is 3.63. The SMILES string of the molecule is CCOc1cc(/C=C/C(=O)O)cc2c1OC(c1ccccc1)C(=O)N2. The van der Waals surface area contributed by atoms with Gasteiger partial charge in [0.2, 0.25) is 6.10 Å². The van der Waals surface area contributed by atoms with Gasteiger partial charge in [-0.15, -0.1) is 0 Å². The first-order valence-electron chi connectivity index (χ1n) is 7.83. The van der Waals surface area contributed by atoms with E-state index in [1.54, 1.807) is 12.1 Å². The standard InChI is InChI=1S/C19H17NO5/c1-2-24-15-11-12(8-9-16(21)22)10-14-18(15)25-17(19(23)20-14)13-6-4-3-5-7-13/h3-11,17H,2H2,1H3,(H,20,23)(H,21,22)/b9-8+. The zero-order chi connectivity index (χ0) is 17.8. The highest BCUT2D eigenvalue weighted by atomic mass is 16.5. The molecule has 0 bridgehead atoms. The van der Waals surface area contributed by atoms with Crippen LogP contribution in [0.1, 0.15) is 24.2 Å². The molecular formula is C19H17NO5. The number of aliphatic carboxylic acids is 1. The van der Waals surface area contributed by atoms with Gasteiger partial charge >= 0.3 is 5.97 Å². The molecular weight excluding hydrogens is 322 g/mol. The van der Waals surface area contributed by atoms with Crippen molar-refractivity contribution in [2.45, 2.75) is 13.0 Å². The summed E-state index contributed by atoms with van der Waals surface area (Å²) in [6, 6.07) is 12.5. The van der Waals surface area contributed by atoms with E-state index in [9.17, 15) is 9.59 Å². The van der Waals surface area contributed by atoms with Gasteiger partial charge < -0.3 is 19.9 Å². The minimum atomic E-state index is -1.06. The molecule has 0 spiro atoms. The van der Waals surface area contributed by atoms with E-state index in [2.05, 4.69) is 5.32 Å². The number of carbonyl (C=O) groups excluding carboxylic acids is 1. The number of amides is 1. The predicted octanol–water partition coefficient (Wildman–Crippen LogP) is 3.26. The predicted molar refractivity (Wildman–Crippen MR) is 92.7 cm³/mol. The number of rotatable bonds is 5. The number of anilines is 1. The van der Waals surface area contributed by atoms with Gasteiger partial charge in [0, 0.05) is 11.6 Å². The Kier molecular flexibility index (Phi) is 4.70. The van der Waals surface area contributed by atoms with Crippen LogP contribution in [0.25, 0.3) is 6.08 Å². The zero-order valence-corrected chi connectivity index (χ0v) is 13.6. The van der Waals surface area contributed by atoms with Crippen LogP contribution in [-0.4, -0.2) is 23.6 Å². The number of nitrogens with one attached hydrogen (secondary N) is 1. The van der Waals surface area contributed by atoms with Crippen molar-refractivity contribution in [3.05, 3.63) is 59.7 Å². The summed E-state index contributed by atoms with van der Waals surface area (Å²) in [6.07, 6.45) is 1.68. The van der Waals surface area contributed by atoms with Gasteiger partial charge in [-0.2, -0.15) is 0 Å². The number of carboxylic acids is 1. The average Bonchev–Trinajstić information content (AvgIpc) is 2.60. The van der Waals surface area contributed by atoms with E-state index in [0.717, 1.165) is 11.6 Å². The molecule has 1 unspecified atom stereocenters. The second-order valence-corrected chi connectivity index (χ2v) is 5.40. The van der Waals surface area contributed by atoms with Crippen molar-refractivity contribution in [2.24, 2.45) is 0 Å². The van der Waals surface area contributed by atoms with E-state index >= 15 is 0 Å². The maximum absolute atomic E-state index is 12.4. The van der Waals surface area contributed by atoms with Crippen molar-refractivity contribution in [3.63, 3.8) is 0 Å². The molecule has 0 saturated carbocycles. The van der Waals surface area contributed by atoms with Crippen molar-refractivity contribution in [2.75, 3.05) is 11.9 Å². The number of carbonyl (C=O) groups is 2. The lowest BCUT2D eigenvalue weighted by molar-refractivity contribution is -0.131. The van der Waals surface area contributed by atoms with E-state index in [-0.39, 0.29) is 5.91 Å². The van der Waals surface area contributed by atoms with Gasteiger partial charge in [0.05, 0.1) is 12.3 Å². The van der Waals surface area contributed by atoms with Crippen molar-refractivity contribution in [3.8, 4) is 11.5 Å². The first-order valence-corrected chi connectivity index (χ1v) is 7.83. The highest BCUT2D eigenvalue weighted by Gasteiger charge is 2.31. The summed E-state index contributed by atoms with van der Waals surface area (Å²) in [5, 5.41) is 11.6. The second-order valence-electron chi connectivity index (χ2n) is 5.40. The molecule has 3 rings (SSSR count). The van der Waals surface area contributed by atoms with E-state index < -0.39 is 12.1 Å². The lowest BCUT2D eigenvalue weighted by Gasteiger charge is -2.28. The molecule has 1 aliphatic rings.